The molecule has 0 bridgehead atoms. The molecule has 0 aliphatic carbocycles. The summed E-state index contributed by atoms with van der Waals surface area (Å²) in [7, 11) is -3.57. The molecule has 0 unspecified atom stereocenters. The van der Waals surface area contributed by atoms with Crippen LogP contribution in [0.15, 0.2) is 34.5 Å². The molecule has 0 saturated carbocycles. The van der Waals surface area contributed by atoms with Gasteiger partial charge in [-0.3, -0.25) is 0 Å². The van der Waals surface area contributed by atoms with Crippen LogP contribution in [0.5, 0.6) is 0 Å². The molecule has 1 aliphatic rings. The molecule has 0 amide bonds. The zero-order valence-electron chi connectivity index (χ0n) is 15.0. The third kappa shape index (κ3) is 3.97. The van der Waals surface area contributed by atoms with E-state index in [-0.39, 0.29) is 6.04 Å². The van der Waals surface area contributed by atoms with Crippen molar-refractivity contribution < 1.29 is 13.2 Å². The zero-order valence-corrected chi connectivity index (χ0v) is 16.6. The van der Waals surface area contributed by atoms with E-state index in [9.17, 15) is 8.42 Å². The molecule has 0 radical (unpaired) electrons. The maximum atomic E-state index is 13.6. The molecule has 1 aromatic heterocycles. The first-order valence-corrected chi connectivity index (χ1v) is 10.9. The highest BCUT2D eigenvalue weighted by Gasteiger charge is 2.34. The van der Waals surface area contributed by atoms with Crippen LogP contribution in [-0.4, -0.2) is 32.0 Å². The van der Waals surface area contributed by atoms with Crippen LogP contribution in [0.1, 0.15) is 34.4 Å². The van der Waals surface area contributed by atoms with E-state index in [0.717, 1.165) is 34.4 Å². The lowest BCUT2D eigenvalue weighted by atomic mass is 10.1. The zero-order chi connectivity index (χ0) is 18.0. The molecule has 2 aromatic rings. The lowest BCUT2D eigenvalue weighted by Crippen LogP contribution is -2.43. The Morgan fingerprint density at radius 1 is 1.16 bits per heavy atom. The van der Waals surface area contributed by atoms with Crippen molar-refractivity contribution in [2.24, 2.45) is 0 Å². The minimum atomic E-state index is -3.57. The van der Waals surface area contributed by atoms with Gasteiger partial charge in [-0.1, -0.05) is 23.8 Å². The van der Waals surface area contributed by atoms with Crippen LogP contribution in [0.25, 0.3) is 0 Å². The fourth-order valence-corrected chi connectivity index (χ4v) is 6.49. The molecule has 4 nitrogen and oxygen atoms in total. The van der Waals surface area contributed by atoms with E-state index in [0.29, 0.717) is 24.7 Å². The number of ether oxygens (including phenoxy) is 1. The second-order valence-corrected chi connectivity index (χ2v) is 9.56. The molecule has 1 aliphatic heterocycles. The second-order valence-electron chi connectivity index (χ2n) is 6.70. The van der Waals surface area contributed by atoms with Crippen LogP contribution in [0.4, 0.5) is 0 Å². The van der Waals surface area contributed by atoms with Gasteiger partial charge in [0.25, 0.3) is 0 Å². The predicted molar refractivity (Wildman–Crippen MR) is 102 cm³/mol. The molecule has 0 atom stereocenters. The highest BCUT2D eigenvalue weighted by molar-refractivity contribution is 7.89. The third-order valence-corrected chi connectivity index (χ3v) is 7.73. The van der Waals surface area contributed by atoms with Crippen molar-refractivity contribution in [2.45, 2.75) is 51.1 Å². The van der Waals surface area contributed by atoms with Gasteiger partial charge in [0.05, 0.1) is 4.90 Å². The lowest BCUT2D eigenvalue weighted by Gasteiger charge is -2.34. The monoisotopic (exact) mass is 379 g/mol. The van der Waals surface area contributed by atoms with E-state index in [2.05, 4.69) is 0 Å². The van der Waals surface area contributed by atoms with Crippen LogP contribution < -0.4 is 0 Å². The van der Waals surface area contributed by atoms with E-state index < -0.39 is 10.0 Å². The van der Waals surface area contributed by atoms with E-state index in [1.54, 1.807) is 15.6 Å². The third-order valence-electron chi connectivity index (χ3n) is 4.66. The van der Waals surface area contributed by atoms with Gasteiger partial charge in [-0.05, 0) is 56.2 Å². The molecular weight excluding hydrogens is 354 g/mol. The van der Waals surface area contributed by atoms with Crippen LogP contribution in [-0.2, 0) is 21.3 Å². The maximum absolute atomic E-state index is 13.6. The molecule has 3 rings (SSSR count). The molecule has 1 aromatic carbocycles. The normalized spacial score (nSPS) is 16.5. The van der Waals surface area contributed by atoms with Crippen molar-refractivity contribution in [2.75, 3.05) is 13.2 Å². The van der Waals surface area contributed by atoms with E-state index in [1.165, 1.54) is 0 Å². The predicted octanol–water partition coefficient (Wildman–Crippen LogP) is 4.04. The average molecular weight is 380 g/mol. The number of rotatable bonds is 5. The molecule has 25 heavy (non-hydrogen) atoms. The fourth-order valence-electron chi connectivity index (χ4n) is 3.63. The first-order chi connectivity index (χ1) is 11.9. The van der Waals surface area contributed by atoms with Crippen LogP contribution in [0, 0.1) is 20.8 Å². The number of aryl methyl sites for hydroxylation is 3. The van der Waals surface area contributed by atoms with Gasteiger partial charge in [0, 0.05) is 30.7 Å². The molecule has 0 spiro atoms. The van der Waals surface area contributed by atoms with E-state index >= 15 is 0 Å². The summed E-state index contributed by atoms with van der Waals surface area (Å²) in [5.41, 5.74) is 2.73. The minimum Gasteiger partial charge on any atom is -0.381 e. The van der Waals surface area contributed by atoms with Crippen molar-refractivity contribution >= 4 is 21.4 Å². The Morgan fingerprint density at radius 2 is 1.80 bits per heavy atom. The quantitative estimate of drug-likeness (QED) is 0.787. The number of sulfonamides is 1. The SMILES string of the molecule is Cc1cc(C)c(S(=O)(=O)N(Cc2cccs2)C2CCOCC2)c(C)c1. The smallest absolute Gasteiger partial charge is 0.244 e. The van der Waals surface area contributed by atoms with Gasteiger partial charge >= 0.3 is 0 Å². The highest BCUT2D eigenvalue weighted by Crippen LogP contribution is 2.31. The van der Waals surface area contributed by atoms with Crippen molar-refractivity contribution in [1.29, 1.82) is 0 Å². The van der Waals surface area contributed by atoms with Crippen molar-refractivity contribution in [3.63, 3.8) is 0 Å². The van der Waals surface area contributed by atoms with Crippen molar-refractivity contribution in [3.8, 4) is 0 Å². The van der Waals surface area contributed by atoms with Gasteiger partial charge in [0.1, 0.15) is 0 Å². The Balaban J connectivity index is 2.04. The Hall–Kier alpha value is -1.21. The maximum Gasteiger partial charge on any atom is 0.244 e. The van der Waals surface area contributed by atoms with Gasteiger partial charge in [-0.25, -0.2) is 8.42 Å². The van der Waals surface area contributed by atoms with Gasteiger partial charge in [-0.15, -0.1) is 11.3 Å². The summed E-state index contributed by atoms with van der Waals surface area (Å²) in [6, 6.07) is 7.86. The lowest BCUT2D eigenvalue weighted by molar-refractivity contribution is 0.0571. The Morgan fingerprint density at radius 3 is 2.36 bits per heavy atom. The summed E-state index contributed by atoms with van der Waals surface area (Å²) < 4.78 is 34.3. The first kappa shape index (κ1) is 18.6. The topological polar surface area (TPSA) is 46.6 Å². The molecule has 1 fully saturated rings. The summed E-state index contributed by atoms with van der Waals surface area (Å²) in [4.78, 5) is 1.53. The summed E-state index contributed by atoms with van der Waals surface area (Å²) >= 11 is 1.60. The first-order valence-electron chi connectivity index (χ1n) is 8.59. The average Bonchev–Trinajstić information content (AvgIpc) is 3.05. The standard InChI is InChI=1S/C19H25NO3S2/c1-14-11-15(2)19(16(3)12-14)25(21,22)20(13-18-5-4-10-24-18)17-6-8-23-9-7-17/h4-5,10-12,17H,6-9,13H2,1-3H3. The number of nitrogens with zero attached hydrogens (tertiary/aromatic N) is 1. The second kappa shape index (κ2) is 7.58. The van der Waals surface area contributed by atoms with E-state index in [1.807, 2.05) is 50.4 Å². The van der Waals surface area contributed by atoms with Gasteiger partial charge in [0.2, 0.25) is 10.0 Å². The Labute approximate surface area is 154 Å². The van der Waals surface area contributed by atoms with Crippen molar-refractivity contribution in [3.05, 3.63) is 51.2 Å². The summed E-state index contributed by atoms with van der Waals surface area (Å²) in [6.45, 7) is 7.44. The number of hydrogen-bond donors (Lipinski definition) is 0. The van der Waals surface area contributed by atoms with Gasteiger partial charge < -0.3 is 4.74 Å². The molecule has 0 N–H and O–H groups in total. The Bertz CT molecular complexity index is 799. The summed E-state index contributed by atoms with van der Waals surface area (Å²) in [5.74, 6) is 0. The molecular formula is C19H25NO3S2. The van der Waals surface area contributed by atoms with Gasteiger partial charge in [-0.2, -0.15) is 4.31 Å². The minimum absolute atomic E-state index is 0.0130. The number of benzene rings is 1. The Kier molecular flexibility index (Phi) is 5.63. The molecule has 1 saturated heterocycles. The summed E-state index contributed by atoms with van der Waals surface area (Å²) in [6.07, 6.45) is 1.49. The fraction of sp³-hybridized carbons (Fsp3) is 0.474. The van der Waals surface area contributed by atoms with Crippen LogP contribution in [0.3, 0.4) is 0 Å². The number of thiophene rings is 1. The van der Waals surface area contributed by atoms with Crippen molar-refractivity contribution in [1.82, 2.24) is 4.31 Å². The molecule has 6 heteroatoms. The molecule has 136 valence electrons. The number of hydrogen-bond acceptors (Lipinski definition) is 4. The highest BCUT2D eigenvalue weighted by atomic mass is 32.2. The van der Waals surface area contributed by atoms with Crippen LogP contribution >= 0.6 is 11.3 Å². The largest absolute Gasteiger partial charge is 0.381 e. The summed E-state index contributed by atoms with van der Waals surface area (Å²) in [5, 5.41) is 1.99. The molecule has 2 heterocycles. The van der Waals surface area contributed by atoms with E-state index in [4.69, 9.17) is 4.74 Å². The van der Waals surface area contributed by atoms with Gasteiger partial charge in [0.15, 0.2) is 0 Å². The van der Waals surface area contributed by atoms with Crippen LogP contribution in [0.2, 0.25) is 0 Å².